The highest BCUT2D eigenvalue weighted by Gasteiger charge is 2.22. The Morgan fingerprint density at radius 2 is 1.84 bits per heavy atom. The van der Waals surface area contributed by atoms with Crippen LogP contribution in [0.5, 0.6) is 0 Å². The number of carboxylic acids is 1. The number of para-hydroxylation sites is 1. The van der Waals surface area contributed by atoms with Crippen molar-refractivity contribution in [1.29, 1.82) is 0 Å². The van der Waals surface area contributed by atoms with E-state index in [1.54, 1.807) is 0 Å². The number of nitrogens with zero attached hydrogens (tertiary/aromatic N) is 1. The molecule has 0 unspecified atom stereocenters. The van der Waals surface area contributed by atoms with Crippen molar-refractivity contribution in [3.05, 3.63) is 30.3 Å². The van der Waals surface area contributed by atoms with Crippen molar-refractivity contribution in [2.24, 2.45) is 0 Å². The Morgan fingerprint density at radius 1 is 1.16 bits per heavy atom. The molecule has 3 heteroatoms. The van der Waals surface area contributed by atoms with Gasteiger partial charge >= 0.3 is 5.97 Å². The molecule has 0 aliphatic heterocycles. The van der Waals surface area contributed by atoms with Crippen LogP contribution < -0.4 is 4.90 Å². The minimum Gasteiger partial charge on any atom is -0.481 e. The molecule has 0 radical (unpaired) electrons. The molecule has 1 aromatic carbocycles. The second-order valence-electron chi connectivity index (χ2n) is 5.32. The van der Waals surface area contributed by atoms with E-state index in [4.69, 9.17) is 5.11 Å². The standard InChI is InChI=1S/C16H23NO2/c18-16(19)12-6-7-13-17(15-10-4-5-11-15)14-8-2-1-3-9-14/h1-3,8-9,15H,4-7,10-13H2,(H,18,19). The van der Waals surface area contributed by atoms with E-state index in [0.717, 1.165) is 19.4 Å². The number of unbranched alkanes of at least 4 members (excludes halogenated alkanes) is 1. The summed E-state index contributed by atoms with van der Waals surface area (Å²) in [5, 5.41) is 8.69. The summed E-state index contributed by atoms with van der Waals surface area (Å²) in [6, 6.07) is 11.2. The first-order valence-corrected chi connectivity index (χ1v) is 7.31. The van der Waals surface area contributed by atoms with Crippen molar-refractivity contribution >= 4 is 11.7 Å². The monoisotopic (exact) mass is 261 g/mol. The van der Waals surface area contributed by atoms with Crippen LogP contribution >= 0.6 is 0 Å². The maximum absolute atomic E-state index is 10.6. The first kappa shape index (κ1) is 13.9. The normalized spacial score (nSPS) is 15.6. The molecule has 0 heterocycles. The number of hydrogen-bond donors (Lipinski definition) is 1. The topological polar surface area (TPSA) is 40.5 Å². The fourth-order valence-corrected chi connectivity index (χ4v) is 2.92. The minimum atomic E-state index is -0.688. The Bertz CT molecular complexity index is 385. The Kier molecular flexibility index (Phi) is 5.25. The lowest BCUT2D eigenvalue weighted by Gasteiger charge is -2.31. The number of benzene rings is 1. The summed E-state index contributed by atoms with van der Waals surface area (Å²) in [6.07, 6.45) is 7.20. The van der Waals surface area contributed by atoms with Crippen LogP contribution in [0.2, 0.25) is 0 Å². The van der Waals surface area contributed by atoms with Gasteiger partial charge in [-0.3, -0.25) is 4.79 Å². The molecule has 0 atom stereocenters. The van der Waals surface area contributed by atoms with E-state index in [-0.39, 0.29) is 6.42 Å². The second kappa shape index (κ2) is 7.17. The van der Waals surface area contributed by atoms with Gasteiger partial charge in [0.05, 0.1) is 0 Å². The van der Waals surface area contributed by atoms with Gasteiger partial charge in [0.15, 0.2) is 0 Å². The Hall–Kier alpha value is -1.51. The fourth-order valence-electron chi connectivity index (χ4n) is 2.92. The number of carboxylic acid groups (broad SMARTS) is 1. The molecule has 2 rings (SSSR count). The van der Waals surface area contributed by atoms with Crippen LogP contribution in [0.4, 0.5) is 5.69 Å². The summed E-state index contributed by atoms with van der Waals surface area (Å²) in [5.41, 5.74) is 1.28. The van der Waals surface area contributed by atoms with E-state index in [9.17, 15) is 4.79 Å². The smallest absolute Gasteiger partial charge is 0.303 e. The first-order chi connectivity index (χ1) is 9.27. The van der Waals surface area contributed by atoms with E-state index in [0.29, 0.717) is 6.04 Å². The fraction of sp³-hybridized carbons (Fsp3) is 0.562. The molecular formula is C16H23NO2. The van der Waals surface area contributed by atoms with Crippen LogP contribution in [0.3, 0.4) is 0 Å². The molecule has 0 spiro atoms. The van der Waals surface area contributed by atoms with Gasteiger partial charge in [0.2, 0.25) is 0 Å². The van der Waals surface area contributed by atoms with Crippen LogP contribution in [0.25, 0.3) is 0 Å². The molecule has 0 amide bonds. The van der Waals surface area contributed by atoms with E-state index in [1.807, 2.05) is 6.07 Å². The molecule has 19 heavy (non-hydrogen) atoms. The lowest BCUT2D eigenvalue weighted by molar-refractivity contribution is -0.137. The van der Waals surface area contributed by atoms with Crippen LogP contribution in [0, 0.1) is 0 Å². The van der Waals surface area contributed by atoms with Crippen LogP contribution in [-0.2, 0) is 4.79 Å². The van der Waals surface area contributed by atoms with Gasteiger partial charge in [-0.2, -0.15) is 0 Å². The van der Waals surface area contributed by atoms with Gasteiger partial charge in [-0.15, -0.1) is 0 Å². The molecule has 0 aromatic heterocycles. The average Bonchev–Trinajstić information content (AvgIpc) is 2.93. The van der Waals surface area contributed by atoms with E-state index in [1.165, 1.54) is 31.4 Å². The third-order valence-electron chi connectivity index (χ3n) is 3.89. The molecule has 0 saturated heterocycles. The Balaban J connectivity index is 1.92. The van der Waals surface area contributed by atoms with Crippen molar-refractivity contribution in [2.75, 3.05) is 11.4 Å². The van der Waals surface area contributed by atoms with Crippen LogP contribution in [0.1, 0.15) is 44.9 Å². The largest absolute Gasteiger partial charge is 0.481 e. The second-order valence-corrected chi connectivity index (χ2v) is 5.32. The molecule has 104 valence electrons. The average molecular weight is 261 g/mol. The molecular weight excluding hydrogens is 238 g/mol. The van der Waals surface area contributed by atoms with Crippen LogP contribution in [0.15, 0.2) is 30.3 Å². The highest BCUT2D eigenvalue weighted by Crippen LogP contribution is 2.28. The quantitative estimate of drug-likeness (QED) is 0.761. The maximum Gasteiger partial charge on any atom is 0.303 e. The van der Waals surface area contributed by atoms with Gasteiger partial charge in [0.1, 0.15) is 0 Å². The molecule has 1 aliphatic rings. The zero-order chi connectivity index (χ0) is 13.5. The Labute approximate surface area is 115 Å². The maximum atomic E-state index is 10.6. The lowest BCUT2D eigenvalue weighted by atomic mass is 10.1. The summed E-state index contributed by atoms with van der Waals surface area (Å²) in [6.45, 7) is 0.974. The summed E-state index contributed by atoms with van der Waals surface area (Å²) in [7, 11) is 0. The zero-order valence-electron chi connectivity index (χ0n) is 11.4. The molecule has 1 N–H and O–H groups in total. The third-order valence-corrected chi connectivity index (χ3v) is 3.89. The number of carbonyl (C=O) groups is 1. The highest BCUT2D eigenvalue weighted by atomic mass is 16.4. The van der Waals surface area contributed by atoms with Crippen molar-refractivity contribution in [3.8, 4) is 0 Å². The SMILES string of the molecule is O=C(O)CCCCN(c1ccccc1)C1CCCC1. The van der Waals surface area contributed by atoms with Gasteiger partial charge in [-0.05, 0) is 37.8 Å². The number of anilines is 1. The number of hydrogen-bond acceptors (Lipinski definition) is 2. The van der Waals surface area contributed by atoms with Gasteiger partial charge in [0, 0.05) is 24.7 Å². The zero-order valence-corrected chi connectivity index (χ0v) is 11.4. The predicted octanol–water partition coefficient (Wildman–Crippen LogP) is 3.69. The van der Waals surface area contributed by atoms with Crippen LogP contribution in [-0.4, -0.2) is 23.7 Å². The molecule has 3 nitrogen and oxygen atoms in total. The van der Waals surface area contributed by atoms with Crippen molar-refractivity contribution in [3.63, 3.8) is 0 Å². The summed E-state index contributed by atoms with van der Waals surface area (Å²) in [4.78, 5) is 13.0. The first-order valence-electron chi connectivity index (χ1n) is 7.31. The molecule has 1 fully saturated rings. The molecule has 0 bridgehead atoms. The van der Waals surface area contributed by atoms with Crippen molar-refractivity contribution in [2.45, 2.75) is 51.0 Å². The summed E-state index contributed by atoms with van der Waals surface area (Å²) in [5.74, 6) is -0.688. The lowest BCUT2D eigenvalue weighted by Crippen LogP contribution is -2.34. The van der Waals surface area contributed by atoms with Gasteiger partial charge < -0.3 is 10.0 Å². The van der Waals surface area contributed by atoms with Gasteiger partial charge in [-0.25, -0.2) is 0 Å². The number of rotatable bonds is 7. The van der Waals surface area contributed by atoms with E-state index in [2.05, 4.69) is 29.2 Å². The molecule has 1 aromatic rings. The predicted molar refractivity (Wildman–Crippen MR) is 77.5 cm³/mol. The summed E-state index contributed by atoms with van der Waals surface area (Å²) < 4.78 is 0. The van der Waals surface area contributed by atoms with E-state index < -0.39 is 5.97 Å². The van der Waals surface area contributed by atoms with Crippen molar-refractivity contribution in [1.82, 2.24) is 0 Å². The summed E-state index contributed by atoms with van der Waals surface area (Å²) >= 11 is 0. The molecule has 1 aliphatic carbocycles. The number of aliphatic carboxylic acids is 1. The minimum absolute atomic E-state index is 0.285. The highest BCUT2D eigenvalue weighted by molar-refractivity contribution is 5.66. The third kappa shape index (κ3) is 4.27. The molecule has 1 saturated carbocycles. The van der Waals surface area contributed by atoms with Crippen molar-refractivity contribution < 1.29 is 9.90 Å². The van der Waals surface area contributed by atoms with Gasteiger partial charge in [-0.1, -0.05) is 31.0 Å². The van der Waals surface area contributed by atoms with Gasteiger partial charge in [0.25, 0.3) is 0 Å². The Morgan fingerprint density at radius 3 is 2.47 bits per heavy atom. The van der Waals surface area contributed by atoms with E-state index >= 15 is 0 Å².